The lowest BCUT2D eigenvalue weighted by Gasteiger charge is -1.83. The van der Waals surface area contributed by atoms with Crippen molar-refractivity contribution in [3.05, 3.63) is 11.8 Å². The predicted molar refractivity (Wildman–Crippen MR) is 28.7 cm³/mol. The molecular formula is C4H7N3O. The number of aromatic nitrogens is 2. The maximum atomic E-state index is 8.22. The molecular weight excluding hydrogens is 106 g/mol. The quantitative estimate of drug-likeness (QED) is 0.465. The Morgan fingerprint density at radius 2 is 2.62 bits per heavy atom. The normalized spacial score (nSPS) is 9.25. The van der Waals surface area contributed by atoms with Gasteiger partial charge in [-0.25, -0.2) is 0 Å². The Balaban J connectivity index is 2.84. The summed E-state index contributed by atoms with van der Waals surface area (Å²) < 4.78 is 0. The second kappa shape index (κ2) is 1.83. The highest BCUT2D eigenvalue weighted by molar-refractivity contribution is 5.31. The molecule has 0 unspecified atom stereocenters. The number of aromatic amines is 1. The maximum Gasteiger partial charge on any atom is 0.171 e. The van der Waals surface area contributed by atoms with Gasteiger partial charge in [0.25, 0.3) is 0 Å². The van der Waals surface area contributed by atoms with E-state index in [0.717, 1.165) is 5.69 Å². The smallest absolute Gasteiger partial charge is 0.171 e. The number of rotatable bonds is 1. The van der Waals surface area contributed by atoms with Gasteiger partial charge in [-0.2, -0.15) is 5.10 Å². The zero-order chi connectivity index (χ0) is 5.98. The molecule has 1 aromatic heterocycles. The SMILES string of the molecule is Cc1cc(NO)n[nH]1. The van der Waals surface area contributed by atoms with Crippen LogP contribution in [0.4, 0.5) is 5.82 Å². The van der Waals surface area contributed by atoms with Crippen molar-refractivity contribution in [2.24, 2.45) is 0 Å². The monoisotopic (exact) mass is 113 g/mol. The summed E-state index contributed by atoms with van der Waals surface area (Å²) in [6.45, 7) is 1.86. The highest BCUT2D eigenvalue weighted by Crippen LogP contribution is 2.00. The molecule has 0 spiro atoms. The van der Waals surface area contributed by atoms with E-state index >= 15 is 0 Å². The highest BCUT2D eigenvalue weighted by atomic mass is 16.5. The van der Waals surface area contributed by atoms with Crippen LogP contribution in [0.1, 0.15) is 5.69 Å². The molecule has 0 bridgehead atoms. The van der Waals surface area contributed by atoms with Crippen LogP contribution in [0.5, 0.6) is 0 Å². The first-order valence-corrected chi connectivity index (χ1v) is 2.25. The molecule has 8 heavy (non-hydrogen) atoms. The van der Waals surface area contributed by atoms with Crippen molar-refractivity contribution < 1.29 is 5.21 Å². The Kier molecular flexibility index (Phi) is 1.17. The summed E-state index contributed by atoms with van der Waals surface area (Å²) in [5, 5.41) is 14.5. The molecule has 0 saturated carbocycles. The summed E-state index contributed by atoms with van der Waals surface area (Å²) in [6.07, 6.45) is 0. The number of nitrogens with one attached hydrogen (secondary N) is 2. The van der Waals surface area contributed by atoms with Crippen molar-refractivity contribution >= 4 is 5.82 Å². The van der Waals surface area contributed by atoms with Gasteiger partial charge in [-0.05, 0) is 6.92 Å². The van der Waals surface area contributed by atoms with E-state index < -0.39 is 0 Å². The van der Waals surface area contributed by atoms with Crippen LogP contribution in [0.15, 0.2) is 6.07 Å². The van der Waals surface area contributed by atoms with E-state index in [1.165, 1.54) is 0 Å². The Bertz CT molecular complexity index is 172. The lowest BCUT2D eigenvalue weighted by molar-refractivity contribution is 0.386. The van der Waals surface area contributed by atoms with Crippen LogP contribution in [-0.2, 0) is 0 Å². The molecule has 0 atom stereocenters. The molecule has 1 aromatic rings. The third kappa shape index (κ3) is 0.788. The summed E-state index contributed by atoms with van der Waals surface area (Å²) in [6, 6.07) is 1.69. The van der Waals surface area contributed by atoms with Crippen LogP contribution in [0.25, 0.3) is 0 Å². The number of hydrogen-bond donors (Lipinski definition) is 3. The van der Waals surface area contributed by atoms with Gasteiger partial charge >= 0.3 is 0 Å². The summed E-state index contributed by atoms with van der Waals surface area (Å²) in [4.78, 5) is 0. The number of nitrogens with zero attached hydrogens (tertiary/aromatic N) is 1. The van der Waals surface area contributed by atoms with Gasteiger partial charge in [0.05, 0.1) is 0 Å². The molecule has 4 heteroatoms. The van der Waals surface area contributed by atoms with Crippen molar-refractivity contribution in [2.75, 3.05) is 5.48 Å². The average Bonchev–Trinajstić information content (AvgIpc) is 2.14. The summed E-state index contributed by atoms with van der Waals surface area (Å²) in [7, 11) is 0. The van der Waals surface area contributed by atoms with Gasteiger partial charge in [-0.1, -0.05) is 0 Å². The Morgan fingerprint density at radius 3 is 2.88 bits per heavy atom. The van der Waals surface area contributed by atoms with Gasteiger partial charge in [0.1, 0.15) is 0 Å². The first kappa shape index (κ1) is 5.11. The third-order valence-corrected chi connectivity index (χ3v) is 0.820. The number of aryl methyl sites for hydroxylation is 1. The van der Waals surface area contributed by atoms with Crippen molar-refractivity contribution in [2.45, 2.75) is 6.92 Å². The minimum Gasteiger partial charge on any atom is -0.290 e. The minimum absolute atomic E-state index is 0.447. The van der Waals surface area contributed by atoms with Crippen LogP contribution in [-0.4, -0.2) is 15.4 Å². The van der Waals surface area contributed by atoms with Crippen LogP contribution in [0.3, 0.4) is 0 Å². The molecule has 4 nitrogen and oxygen atoms in total. The van der Waals surface area contributed by atoms with Crippen molar-refractivity contribution in [3.63, 3.8) is 0 Å². The molecule has 0 aliphatic rings. The van der Waals surface area contributed by atoms with E-state index in [1.807, 2.05) is 12.4 Å². The fourth-order valence-corrected chi connectivity index (χ4v) is 0.475. The number of hydrogen-bond acceptors (Lipinski definition) is 3. The Labute approximate surface area is 46.5 Å². The van der Waals surface area contributed by atoms with E-state index in [2.05, 4.69) is 10.2 Å². The van der Waals surface area contributed by atoms with E-state index in [9.17, 15) is 0 Å². The first-order valence-electron chi connectivity index (χ1n) is 2.25. The number of H-pyrrole nitrogens is 1. The van der Waals surface area contributed by atoms with Crippen molar-refractivity contribution in [3.8, 4) is 0 Å². The van der Waals surface area contributed by atoms with Gasteiger partial charge in [0.2, 0.25) is 0 Å². The fraction of sp³-hybridized carbons (Fsp3) is 0.250. The molecule has 44 valence electrons. The molecule has 0 radical (unpaired) electrons. The van der Waals surface area contributed by atoms with Crippen LogP contribution in [0, 0.1) is 6.92 Å². The molecule has 0 aliphatic carbocycles. The number of anilines is 1. The molecule has 0 amide bonds. The van der Waals surface area contributed by atoms with Crippen LogP contribution >= 0.6 is 0 Å². The second-order valence-corrected chi connectivity index (χ2v) is 1.55. The lowest BCUT2D eigenvalue weighted by atomic mass is 10.5. The van der Waals surface area contributed by atoms with Crippen molar-refractivity contribution in [1.82, 2.24) is 10.2 Å². The molecule has 1 rings (SSSR count). The third-order valence-electron chi connectivity index (χ3n) is 0.820. The molecule has 0 aromatic carbocycles. The zero-order valence-corrected chi connectivity index (χ0v) is 4.47. The topological polar surface area (TPSA) is 60.9 Å². The van der Waals surface area contributed by atoms with Gasteiger partial charge in [-0.3, -0.25) is 15.8 Å². The van der Waals surface area contributed by atoms with Crippen LogP contribution < -0.4 is 5.48 Å². The van der Waals surface area contributed by atoms with E-state index in [1.54, 1.807) is 6.07 Å². The largest absolute Gasteiger partial charge is 0.290 e. The lowest BCUT2D eigenvalue weighted by Crippen LogP contribution is -1.87. The van der Waals surface area contributed by atoms with Crippen molar-refractivity contribution in [1.29, 1.82) is 0 Å². The zero-order valence-electron chi connectivity index (χ0n) is 4.47. The molecule has 0 fully saturated rings. The summed E-state index contributed by atoms with van der Waals surface area (Å²) >= 11 is 0. The summed E-state index contributed by atoms with van der Waals surface area (Å²) in [5.41, 5.74) is 2.82. The minimum atomic E-state index is 0.447. The Morgan fingerprint density at radius 1 is 1.88 bits per heavy atom. The van der Waals surface area contributed by atoms with E-state index in [0.29, 0.717) is 5.82 Å². The van der Waals surface area contributed by atoms with E-state index in [-0.39, 0.29) is 0 Å². The van der Waals surface area contributed by atoms with Gasteiger partial charge in [-0.15, -0.1) is 0 Å². The van der Waals surface area contributed by atoms with Crippen LogP contribution in [0.2, 0.25) is 0 Å². The molecule has 3 N–H and O–H groups in total. The molecule has 0 saturated heterocycles. The predicted octanol–water partition coefficient (Wildman–Crippen LogP) is 0.519. The van der Waals surface area contributed by atoms with E-state index in [4.69, 9.17) is 5.21 Å². The van der Waals surface area contributed by atoms with Gasteiger partial charge in [0, 0.05) is 11.8 Å². The summed E-state index contributed by atoms with van der Waals surface area (Å²) in [5.74, 6) is 0.447. The molecule has 1 heterocycles. The molecule has 0 aliphatic heterocycles. The maximum absolute atomic E-state index is 8.22. The second-order valence-electron chi connectivity index (χ2n) is 1.55. The van der Waals surface area contributed by atoms with Gasteiger partial charge in [0.15, 0.2) is 5.82 Å². The first-order chi connectivity index (χ1) is 3.83. The Hall–Kier alpha value is -1.03. The van der Waals surface area contributed by atoms with Gasteiger partial charge < -0.3 is 0 Å². The fourth-order valence-electron chi connectivity index (χ4n) is 0.475. The highest BCUT2D eigenvalue weighted by Gasteiger charge is 1.90. The standard InChI is InChI=1S/C4H7N3O/c1-3-2-4(7-8)6-5-3/h2,8H,1H3,(H2,5,6,7). The average molecular weight is 113 g/mol.